The quantitative estimate of drug-likeness (QED) is 0.273. The Morgan fingerprint density at radius 2 is 1.61 bits per heavy atom. The minimum atomic E-state index is -0.767. The van der Waals surface area contributed by atoms with E-state index in [2.05, 4.69) is 10.6 Å². The summed E-state index contributed by atoms with van der Waals surface area (Å²) in [4.78, 5) is 26.0. The molecule has 0 bridgehead atoms. The lowest BCUT2D eigenvalue weighted by Gasteiger charge is -2.26. The van der Waals surface area contributed by atoms with E-state index in [0.29, 0.717) is 29.6 Å². The molecule has 0 spiro atoms. The first-order valence-electron chi connectivity index (χ1n) is 12.5. The molecule has 0 saturated carbocycles. The van der Waals surface area contributed by atoms with Gasteiger partial charge in [0, 0.05) is 5.02 Å². The monoisotopic (exact) mass is 554 g/mol. The van der Waals surface area contributed by atoms with Crippen LogP contribution in [0.15, 0.2) is 78.9 Å². The molecule has 3 aromatic rings. The van der Waals surface area contributed by atoms with E-state index >= 15 is 0 Å². The van der Waals surface area contributed by atoms with Crippen molar-refractivity contribution in [2.24, 2.45) is 0 Å². The number of rotatable bonds is 11. The Morgan fingerprint density at radius 1 is 0.921 bits per heavy atom. The van der Waals surface area contributed by atoms with Crippen LogP contribution < -0.4 is 15.4 Å². The smallest absolute Gasteiger partial charge is 0.408 e. The van der Waals surface area contributed by atoms with E-state index in [4.69, 9.17) is 21.1 Å². The van der Waals surface area contributed by atoms with Crippen molar-refractivity contribution < 1.29 is 19.1 Å². The molecule has 3 rings (SSSR count). The molecule has 0 aliphatic carbocycles. The number of alkyl carbamates (subject to hydrolysis) is 1. The number of nitrogens with one attached hydrogen (secondary N) is 2. The Kier molecular flexibility index (Phi) is 10.9. The zero-order valence-corrected chi connectivity index (χ0v) is 23.8. The minimum Gasteiger partial charge on any atom is -0.489 e. The standard InChI is InChI=1S/C30H35ClN2O4S/c1-30(2,3)37-29(35)32-26(16-17-38-4)28(34)33-27(22-12-8-14-24(31)18-22)23-13-9-15-25(19-23)36-20-21-10-6-5-7-11-21/h5-15,18-19,26-27H,16-17,20H2,1-4H3,(H,32,35)(H,33,34)/t26-,27?/m0/s1. The zero-order valence-electron chi connectivity index (χ0n) is 22.2. The summed E-state index contributed by atoms with van der Waals surface area (Å²) in [5.41, 5.74) is 2.02. The van der Waals surface area contributed by atoms with Crippen molar-refractivity contribution in [2.45, 2.75) is 51.5 Å². The van der Waals surface area contributed by atoms with E-state index < -0.39 is 23.8 Å². The SMILES string of the molecule is CSCC[C@H](NC(=O)OC(C)(C)C)C(=O)NC(c1cccc(Cl)c1)c1cccc(OCc2ccccc2)c1. The third-order valence-electron chi connectivity index (χ3n) is 5.53. The van der Waals surface area contributed by atoms with Gasteiger partial charge >= 0.3 is 6.09 Å². The molecule has 0 aliphatic rings. The number of benzene rings is 3. The third-order valence-corrected chi connectivity index (χ3v) is 6.41. The van der Waals surface area contributed by atoms with E-state index in [1.54, 1.807) is 38.6 Å². The molecule has 8 heteroatoms. The first-order valence-corrected chi connectivity index (χ1v) is 14.2. The van der Waals surface area contributed by atoms with Crippen LogP contribution in [0.25, 0.3) is 0 Å². The fraction of sp³-hybridized carbons (Fsp3) is 0.333. The second-order valence-electron chi connectivity index (χ2n) is 9.82. The van der Waals surface area contributed by atoms with E-state index in [9.17, 15) is 9.59 Å². The predicted molar refractivity (Wildman–Crippen MR) is 155 cm³/mol. The summed E-state index contributed by atoms with van der Waals surface area (Å²) in [5.74, 6) is 1.06. The highest BCUT2D eigenvalue weighted by molar-refractivity contribution is 7.98. The summed E-state index contributed by atoms with van der Waals surface area (Å²) < 4.78 is 11.4. The maximum Gasteiger partial charge on any atom is 0.408 e. The van der Waals surface area contributed by atoms with Crippen LogP contribution in [-0.2, 0) is 16.1 Å². The van der Waals surface area contributed by atoms with Crippen molar-refractivity contribution in [2.75, 3.05) is 12.0 Å². The van der Waals surface area contributed by atoms with Gasteiger partial charge in [-0.25, -0.2) is 4.79 Å². The molecule has 2 N–H and O–H groups in total. The number of hydrogen-bond acceptors (Lipinski definition) is 5. The lowest BCUT2D eigenvalue weighted by atomic mass is 9.97. The molecular formula is C30H35ClN2O4S. The maximum atomic E-state index is 13.5. The average Bonchev–Trinajstić information content (AvgIpc) is 2.88. The van der Waals surface area contributed by atoms with Crippen LogP contribution in [0.1, 0.15) is 49.9 Å². The molecule has 2 amide bonds. The van der Waals surface area contributed by atoms with Gasteiger partial charge in [-0.2, -0.15) is 11.8 Å². The number of hydrogen-bond donors (Lipinski definition) is 2. The molecule has 2 atom stereocenters. The Bertz CT molecular complexity index is 1200. The zero-order chi connectivity index (χ0) is 27.5. The van der Waals surface area contributed by atoms with E-state index in [1.165, 1.54) is 0 Å². The molecule has 0 aromatic heterocycles. The first kappa shape index (κ1) is 29.4. The van der Waals surface area contributed by atoms with Crippen LogP contribution in [-0.4, -0.2) is 35.7 Å². The Hall–Kier alpha value is -3.16. The van der Waals surface area contributed by atoms with Crippen molar-refractivity contribution in [3.63, 3.8) is 0 Å². The van der Waals surface area contributed by atoms with Gasteiger partial charge in [0.25, 0.3) is 0 Å². The van der Waals surface area contributed by atoms with Crippen LogP contribution in [0.4, 0.5) is 4.79 Å². The summed E-state index contributed by atoms with van der Waals surface area (Å²) >= 11 is 7.91. The van der Waals surface area contributed by atoms with E-state index in [1.807, 2.05) is 79.1 Å². The molecule has 6 nitrogen and oxygen atoms in total. The van der Waals surface area contributed by atoms with Crippen molar-refractivity contribution in [3.8, 4) is 5.75 Å². The van der Waals surface area contributed by atoms with Gasteiger partial charge in [-0.3, -0.25) is 4.79 Å². The molecule has 3 aromatic carbocycles. The summed E-state index contributed by atoms with van der Waals surface area (Å²) in [7, 11) is 0. The van der Waals surface area contributed by atoms with Crippen LogP contribution >= 0.6 is 23.4 Å². The average molecular weight is 555 g/mol. The first-order chi connectivity index (χ1) is 18.1. The molecule has 0 radical (unpaired) electrons. The van der Waals surface area contributed by atoms with Gasteiger partial charge in [0.2, 0.25) is 5.91 Å². The molecule has 1 unspecified atom stereocenters. The van der Waals surface area contributed by atoms with Crippen LogP contribution in [0.3, 0.4) is 0 Å². The fourth-order valence-corrected chi connectivity index (χ4v) is 4.44. The minimum absolute atomic E-state index is 0.314. The Morgan fingerprint density at radius 3 is 2.26 bits per heavy atom. The number of carbonyl (C=O) groups excluding carboxylic acids is 2. The second kappa shape index (κ2) is 14.1. The topological polar surface area (TPSA) is 76.7 Å². The number of amides is 2. The molecule has 0 fully saturated rings. The van der Waals surface area contributed by atoms with E-state index in [0.717, 1.165) is 16.7 Å². The third kappa shape index (κ3) is 9.62. The Balaban J connectivity index is 1.85. The van der Waals surface area contributed by atoms with Gasteiger partial charge in [0.15, 0.2) is 0 Å². The number of carbonyl (C=O) groups is 2. The highest BCUT2D eigenvalue weighted by atomic mass is 35.5. The van der Waals surface area contributed by atoms with Gasteiger partial charge in [0.1, 0.15) is 24.0 Å². The molecule has 202 valence electrons. The lowest BCUT2D eigenvalue weighted by molar-refractivity contribution is -0.123. The van der Waals surface area contributed by atoms with Crippen LogP contribution in [0.2, 0.25) is 5.02 Å². The Labute approximate surface area is 234 Å². The van der Waals surface area contributed by atoms with Gasteiger partial charge in [-0.1, -0.05) is 66.2 Å². The van der Waals surface area contributed by atoms with Crippen LogP contribution in [0.5, 0.6) is 5.75 Å². The number of halogens is 1. The van der Waals surface area contributed by atoms with Gasteiger partial charge < -0.3 is 20.1 Å². The normalized spacial score (nSPS) is 12.8. The van der Waals surface area contributed by atoms with Gasteiger partial charge in [-0.05, 0) is 80.2 Å². The largest absolute Gasteiger partial charge is 0.489 e. The summed E-state index contributed by atoms with van der Waals surface area (Å²) in [6.45, 7) is 5.78. The van der Waals surface area contributed by atoms with E-state index in [-0.39, 0.29) is 5.91 Å². The number of ether oxygens (including phenoxy) is 2. The van der Waals surface area contributed by atoms with Gasteiger partial charge in [-0.15, -0.1) is 0 Å². The van der Waals surface area contributed by atoms with Crippen molar-refractivity contribution in [1.82, 2.24) is 10.6 Å². The lowest BCUT2D eigenvalue weighted by Crippen LogP contribution is -2.49. The van der Waals surface area contributed by atoms with Crippen molar-refractivity contribution in [1.29, 1.82) is 0 Å². The number of thioether (sulfide) groups is 1. The summed E-state index contributed by atoms with van der Waals surface area (Å²) in [6, 6.07) is 23.6. The second-order valence-corrected chi connectivity index (χ2v) is 11.2. The molecule has 0 heterocycles. The summed E-state index contributed by atoms with van der Waals surface area (Å²) in [5, 5.41) is 6.42. The van der Waals surface area contributed by atoms with Crippen molar-refractivity contribution in [3.05, 3.63) is 101 Å². The van der Waals surface area contributed by atoms with Crippen molar-refractivity contribution >= 4 is 35.4 Å². The molecule has 38 heavy (non-hydrogen) atoms. The fourth-order valence-electron chi connectivity index (χ4n) is 3.77. The highest BCUT2D eigenvalue weighted by Crippen LogP contribution is 2.28. The van der Waals surface area contributed by atoms with Gasteiger partial charge in [0.05, 0.1) is 6.04 Å². The molecule has 0 saturated heterocycles. The molecular weight excluding hydrogens is 520 g/mol. The predicted octanol–water partition coefficient (Wildman–Crippen LogP) is 6.77. The summed E-state index contributed by atoms with van der Waals surface area (Å²) in [6.07, 6.45) is 1.78. The molecule has 0 aliphatic heterocycles. The maximum absolute atomic E-state index is 13.5. The van der Waals surface area contributed by atoms with Crippen LogP contribution in [0, 0.1) is 0 Å². The highest BCUT2D eigenvalue weighted by Gasteiger charge is 2.27.